The number of hydrogen-bond donors (Lipinski definition) is 0. The highest BCUT2D eigenvalue weighted by Crippen LogP contribution is 2.42. The fourth-order valence-corrected chi connectivity index (χ4v) is 3.30. The highest BCUT2D eigenvalue weighted by Gasteiger charge is 2.31. The van der Waals surface area contributed by atoms with E-state index in [0.717, 1.165) is 24.4 Å². The van der Waals surface area contributed by atoms with Crippen LogP contribution in [0.5, 0.6) is 0 Å². The molecule has 14 heavy (non-hydrogen) atoms. The molecule has 0 aromatic carbocycles. The molecule has 0 spiro atoms. The molecule has 0 saturated heterocycles. The summed E-state index contributed by atoms with van der Waals surface area (Å²) >= 11 is 0. The van der Waals surface area contributed by atoms with Gasteiger partial charge in [0.15, 0.2) is 0 Å². The molecule has 2 aliphatic carbocycles. The normalized spacial score (nSPS) is 37.1. The summed E-state index contributed by atoms with van der Waals surface area (Å²) in [6.45, 7) is 1.38. The third-order valence-corrected chi connectivity index (χ3v) is 3.78. The van der Waals surface area contributed by atoms with Gasteiger partial charge >= 0.3 is 0 Å². The molecule has 2 bridgehead atoms. The fourth-order valence-electron chi connectivity index (χ4n) is 3.30. The molecule has 2 heteroatoms. The van der Waals surface area contributed by atoms with Crippen molar-refractivity contribution in [3.8, 4) is 0 Å². The van der Waals surface area contributed by atoms with Gasteiger partial charge in [0.1, 0.15) is 6.79 Å². The van der Waals surface area contributed by atoms with Crippen LogP contribution in [0.4, 0.5) is 0 Å². The van der Waals surface area contributed by atoms with Gasteiger partial charge in [-0.1, -0.05) is 19.3 Å². The Bertz CT molecular complexity index is 158. The number of rotatable bonds is 4. The smallest absolute Gasteiger partial charge is 0.146 e. The summed E-state index contributed by atoms with van der Waals surface area (Å²) in [4.78, 5) is 0. The van der Waals surface area contributed by atoms with E-state index in [0.29, 0.717) is 6.79 Å². The van der Waals surface area contributed by atoms with Gasteiger partial charge in [0.25, 0.3) is 0 Å². The summed E-state index contributed by atoms with van der Waals surface area (Å²) in [7, 11) is 1.69. The minimum absolute atomic E-state index is 0.464. The van der Waals surface area contributed by atoms with E-state index in [1.165, 1.54) is 38.5 Å². The van der Waals surface area contributed by atoms with E-state index < -0.39 is 0 Å². The first-order valence-corrected chi connectivity index (χ1v) is 5.95. The fraction of sp³-hybridized carbons (Fsp3) is 1.00. The molecule has 0 radical (unpaired) electrons. The maximum absolute atomic E-state index is 5.47. The van der Waals surface area contributed by atoms with Crippen LogP contribution in [0, 0.1) is 17.8 Å². The van der Waals surface area contributed by atoms with Crippen molar-refractivity contribution in [2.45, 2.75) is 38.5 Å². The Morgan fingerprint density at radius 3 is 2.43 bits per heavy atom. The molecule has 2 fully saturated rings. The zero-order valence-corrected chi connectivity index (χ0v) is 9.21. The van der Waals surface area contributed by atoms with Gasteiger partial charge in [-0.05, 0) is 37.0 Å². The molecule has 0 aliphatic heterocycles. The van der Waals surface area contributed by atoms with Crippen LogP contribution in [0.2, 0.25) is 0 Å². The third-order valence-electron chi connectivity index (χ3n) is 3.78. The zero-order chi connectivity index (χ0) is 9.80. The van der Waals surface area contributed by atoms with Gasteiger partial charge in [-0.3, -0.25) is 0 Å². The average molecular weight is 198 g/mol. The topological polar surface area (TPSA) is 18.5 Å². The van der Waals surface area contributed by atoms with E-state index >= 15 is 0 Å². The molecule has 2 saturated carbocycles. The van der Waals surface area contributed by atoms with Crippen molar-refractivity contribution in [3.05, 3.63) is 0 Å². The molecule has 0 amide bonds. The minimum Gasteiger partial charge on any atom is -0.359 e. The maximum atomic E-state index is 5.47. The highest BCUT2D eigenvalue weighted by molar-refractivity contribution is 4.82. The molecular formula is C12H22O2. The second-order valence-corrected chi connectivity index (χ2v) is 5.01. The zero-order valence-electron chi connectivity index (χ0n) is 9.21. The van der Waals surface area contributed by atoms with Gasteiger partial charge in [-0.2, -0.15) is 0 Å². The molecule has 0 heterocycles. The monoisotopic (exact) mass is 198 g/mol. The highest BCUT2D eigenvalue weighted by atomic mass is 16.7. The molecule has 0 N–H and O–H groups in total. The number of ether oxygens (including phenoxy) is 2. The van der Waals surface area contributed by atoms with Crippen LogP contribution < -0.4 is 0 Å². The first kappa shape index (κ1) is 10.4. The quantitative estimate of drug-likeness (QED) is 0.511. The number of hydrogen-bond acceptors (Lipinski definition) is 2. The first-order chi connectivity index (χ1) is 6.88. The molecule has 0 aromatic rings. The van der Waals surface area contributed by atoms with Gasteiger partial charge in [0, 0.05) is 7.11 Å². The Labute approximate surface area is 87.0 Å². The predicted molar refractivity (Wildman–Crippen MR) is 56.0 cm³/mol. The first-order valence-electron chi connectivity index (χ1n) is 5.95. The van der Waals surface area contributed by atoms with Crippen molar-refractivity contribution in [3.63, 3.8) is 0 Å². The lowest BCUT2D eigenvalue weighted by Gasteiger charge is -2.38. The van der Waals surface area contributed by atoms with Gasteiger partial charge in [-0.25, -0.2) is 0 Å². The Kier molecular flexibility index (Phi) is 3.82. The summed E-state index contributed by atoms with van der Waals surface area (Å²) in [6, 6.07) is 0. The summed E-state index contributed by atoms with van der Waals surface area (Å²) in [5.41, 5.74) is 0. The molecule has 2 aliphatic rings. The van der Waals surface area contributed by atoms with Crippen LogP contribution in [0.3, 0.4) is 0 Å². The van der Waals surface area contributed by atoms with Gasteiger partial charge in [0.05, 0.1) is 6.61 Å². The van der Waals surface area contributed by atoms with Crippen LogP contribution >= 0.6 is 0 Å². The Hall–Kier alpha value is -0.0800. The van der Waals surface area contributed by atoms with E-state index in [2.05, 4.69) is 0 Å². The van der Waals surface area contributed by atoms with Crippen molar-refractivity contribution >= 4 is 0 Å². The summed E-state index contributed by atoms with van der Waals surface area (Å²) in [5, 5.41) is 0. The summed E-state index contributed by atoms with van der Waals surface area (Å²) in [5.74, 6) is 2.84. The van der Waals surface area contributed by atoms with E-state index in [-0.39, 0.29) is 0 Å². The third kappa shape index (κ3) is 2.71. The lowest BCUT2D eigenvalue weighted by molar-refractivity contribution is -0.0553. The van der Waals surface area contributed by atoms with Crippen LogP contribution in [0.15, 0.2) is 0 Å². The Balaban J connectivity index is 1.72. The van der Waals surface area contributed by atoms with Crippen molar-refractivity contribution in [1.82, 2.24) is 0 Å². The SMILES string of the molecule is COCOCC1CC2CCCC(C2)C1. The number of fused-ring (bicyclic) bond motifs is 2. The molecule has 2 rings (SSSR count). The van der Waals surface area contributed by atoms with Crippen molar-refractivity contribution in [2.75, 3.05) is 20.5 Å². The molecule has 0 aromatic heterocycles. The maximum Gasteiger partial charge on any atom is 0.146 e. The number of methoxy groups -OCH3 is 1. The standard InChI is InChI=1S/C12H22O2/c1-13-9-14-8-12-6-10-3-2-4-11(5-10)7-12/h10-12H,2-9H2,1H3. The van der Waals surface area contributed by atoms with E-state index in [1.807, 2.05) is 0 Å². The van der Waals surface area contributed by atoms with E-state index in [4.69, 9.17) is 9.47 Å². The molecule has 2 unspecified atom stereocenters. The van der Waals surface area contributed by atoms with Crippen LogP contribution in [-0.4, -0.2) is 20.5 Å². The lowest BCUT2D eigenvalue weighted by atomic mass is 9.68. The summed E-state index contributed by atoms with van der Waals surface area (Å²) in [6.07, 6.45) is 8.72. The molecule has 82 valence electrons. The van der Waals surface area contributed by atoms with Gasteiger partial charge in [-0.15, -0.1) is 0 Å². The van der Waals surface area contributed by atoms with E-state index in [9.17, 15) is 0 Å². The lowest BCUT2D eigenvalue weighted by Crippen LogP contribution is -2.29. The Morgan fingerprint density at radius 1 is 1.07 bits per heavy atom. The minimum atomic E-state index is 0.464. The average Bonchev–Trinajstić information content (AvgIpc) is 2.18. The second-order valence-electron chi connectivity index (χ2n) is 5.01. The van der Waals surface area contributed by atoms with Crippen molar-refractivity contribution in [2.24, 2.45) is 17.8 Å². The predicted octanol–water partition coefficient (Wildman–Crippen LogP) is 2.82. The molecule has 2 atom stereocenters. The van der Waals surface area contributed by atoms with Crippen molar-refractivity contribution < 1.29 is 9.47 Å². The van der Waals surface area contributed by atoms with E-state index in [1.54, 1.807) is 7.11 Å². The van der Waals surface area contributed by atoms with Crippen molar-refractivity contribution in [1.29, 1.82) is 0 Å². The van der Waals surface area contributed by atoms with Crippen LogP contribution in [0.25, 0.3) is 0 Å². The molecule has 2 nitrogen and oxygen atoms in total. The second kappa shape index (κ2) is 5.13. The van der Waals surface area contributed by atoms with Gasteiger partial charge in [0.2, 0.25) is 0 Å². The summed E-state index contributed by atoms with van der Waals surface area (Å²) < 4.78 is 10.4. The van der Waals surface area contributed by atoms with Crippen LogP contribution in [-0.2, 0) is 9.47 Å². The van der Waals surface area contributed by atoms with Gasteiger partial charge < -0.3 is 9.47 Å². The Morgan fingerprint density at radius 2 is 1.79 bits per heavy atom. The largest absolute Gasteiger partial charge is 0.359 e. The van der Waals surface area contributed by atoms with Crippen LogP contribution in [0.1, 0.15) is 38.5 Å². The molecular weight excluding hydrogens is 176 g/mol.